The fourth-order valence-electron chi connectivity index (χ4n) is 5.79. The third-order valence-electron chi connectivity index (χ3n) is 8.48. The van der Waals surface area contributed by atoms with Crippen molar-refractivity contribution in [2.24, 2.45) is 0 Å². The summed E-state index contributed by atoms with van der Waals surface area (Å²) in [6.45, 7) is 0.623. The van der Waals surface area contributed by atoms with Crippen LogP contribution in [-0.2, 0) is 9.59 Å². The van der Waals surface area contributed by atoms with Gasteiger partial charge in [-0.3, -0.25) is 19.2 Å². The molecule has 8 nitrogen and oxygen atoms in total. The summed E-state index contributed by atoms with van der Waals surface area (Å²) in [7, 11) is 0. The minimum absolute atomic E-state index is 0.121. The molecule has 6 rings (SSSR count). The predicted molar refractivity (Wildman–Crippen MR) is 207 cm³/mol. The van der Waals surface area contributed by atoms with Crippen LogP contribution in [0.5, 0.6) is 0 Å². The SMILES string of the molecule is O=C(NCCCCNC(=O)C(=Cc1cccc2ccccc12)NC(=O)c1ccccc1)C(=Cc1cccc2ccccc12)NC(=O)c1ccccc1. The van der Waals surface area contributed by atoms with Crippen LogP contribution in [-0.4, -0.2) is 36.7 Å². The van der Waals surface area contributed by atoms with E-state index in [4.69, 9.17) is 0 Å². The molecule has 0 atom stereocenters. The summed E-state index contributed by atoms with van der Waals surface area (Å²) < 4.78 is 0. The molecular weight excluding hydrogens is 649 g/mol. The number of hydrogen-bond acceptors (Lipinski definition) is 4. The largest absolute Gasteiger partial charge is 0.351 e. The zero-order valence-corrected chi connectivity index (χ0v) is 28.5. The molecule has 0 aliphatic heterocycles. The summed E-state index contributed by atoms with van der Waals surface area (Å²) in [6, 6.07) is 44.8. The molecule has 0 saturated heterocycles. The van der Waals surface area contributed by atoms with Gasteiger partial charge in [-0.15, -0.1) is 0 Å². The van der Waals surface area contributed by atoms with E-state index in [1.54, 1.807) is 60.7 Å². The van der Waals surface area contributed by atoms with Gasteiger partial charge in [0.1, 0.15) is 11.4 Å². The van der Waals surface area contributed by atoms with E-state index in [1.165, 1.54) is 0 Å². The molecule has 0 bridgehead atoms. The Kier molecular flexibility index (Phi) is 11.6. The Morgan fingerprint density at radius 2 is 0.788 bits per heavy atom. The van der Waals surface area contributed by atoms with Gasteiger partial charge in [0.15, 0.2) is 0 Å². The third kappa shape index (κ3) is 9.05. The highest BCUT2D eigenvalue weighted by atomic mass is 16.2. The van der Waals surface area contributed by atoms with E-state index in [0.717, 1.165) is 32.7 Å². The molecule has 6 aromatic carbocycles. The van der Waals surface area contributed by atoms with Crippen LogP contribution in [0.25, 0.3) is 33.7 Å². The summed E-state index contributed by atoms with van der Waals surface area (Å²) in [5, 5.41) is 15.3. The van der Waals surface area contributed by atoms with Crippen molar-refractivity contribution in [3.63, 3.8) is 0 Å². The van der Waals surface area contributed by atoms with E-state index in [0.29, 0.717) is 37.1 Å². The summed E-state index contributed by atoms with van der Waals surface area (Å²) in [6.07, 6.45) is 4.48. The van der Waals surface area contributed by atoms with Crippen molar-refractivity contribution in [2.45, 2.75) is 12.8 Å². The minimum Gasteiger partial charge on any atom is -0.351 e. The fourth-order valence-corrected chi connectivity index (χ4v) is 5.79. The van der Waals surface area contributed by atoms with Gasteiger partial charge in [0, 0.05) is 24.2 Å². The van der Waals surface area contributed by atoms with E-state index in [9.17, 15) is 19.2 Å². The number of carbonyl (C=O) groups is 4. The average Bonchev–Trinajstić information content (AvgIpc) is 3.19. The Hall–Kier alpha value is -6.80. The van der Waals surface area contributed by atoms with Gasteiger partial charge in [0.25, 0.3) is 23.6 Å². The third-order valence-corrected chi connectivity index (χ3v) is 8.48. The highest BCUT2D eigenvalue weighted by molar-refractivity contribution is 6.07. The molecule has 4 N–H and O–H groups in total. The number of benzene rings is 6. The second-order valence-corrected chi connectivity index (χ2v) is 12.1. The lowest BCUT2D eigenvalue weighted by atomic mass is 10.0. The smallest absolute Gasteiger partial charge is 0.267 e. The Labute approximate surface area is 302 Å². The zero-order chi connectivity index (χ0) is 36.1. The number of amides is 4. The lowest BCUT2D eigenvalue weighted by Gasteiger charge is -2.13. The number of carbonyl (C=O) groups excluding carboxylic acids is 4. The second kappa shape index (κ2) is 17.2. The molecule has 0 radical (unpaired) electrons. The topological polar surface area (TPSA) is 116 Å². The van der Waals surface area contributed by atoms with E-state index in [1.807, 2.05) is 97.1 Å². The normalized spacial score (nSPS) is 11.5. The van der Waals surface area contributed by atoms with Crippen LogP contribution in [0, 0.1) is 0 Å². The lowest BCUT2D eigenvalue weighted by Crippen LogP contribution is -2.36. The van der Waals surface area contributed by atoms with Crippen molar-refractivity contribution in [1.29, 1.82) is 0 Å². The number of unbranched alkanes of at least 4 members (excludes halogenated alkanes) is 1. The van der Waals surface area contributed by atoms with Crippen LogP contribution in [0.1, 0.15) is 44.7 Å². The molecule has 258 valence electrons. The van der Waals surface area contributed by atoms with Crippen molar-refractivity contribution < 1.29 is 19.2 Å². The fraction of sp³-hybridized carbons (Fsp3) is 0.0909. The van der Waals surface area contributed by atoms with Gasteiger partial charge >= 0.3 is 0 Å². The van der Waals surface area contributed by atoms with E-state index in [2.05, 4.69) is 21.3 Å². The van der Waals surface area contributed by atoms with Crippen LogP contribution in [0.2, 0.25) is 0 Å². The highest BCUT2D eigenvalue weighted by Gasteiger charge is 2.17. The molecule has 52 heavy (non-hydrogen) atoms. The molecule has 4 amide bonds. The quantitative estimate of drug-likeness (QED) is 0.0757. The van der Waals surface area contributed by atoms with Crippen LogP contribution in [0.3, 0.4) is 0 Å². The molecule has 8 heteroatoms. The Morgan fingerprint density at radius 1 is 0.423 bits per heavy atom. The van der Waals surface area contributed by atoms with Crippen LogP contribution in [0.15, 0.2) is 157 Å². The van der Waals surface area contributed by atoms with Crippen molar-refractivity contribution in [1.82, 2.24) is 21.3 Å². The average molecular weight is 687 g/mol. The first-order chi connectivity index (χ1) is 25.5. The predicted octanol–water partition coefficient (Wildman–Crippen LogP) is 7.25. The Balaban J connectivity index is 1.09. The molecule has 0 saturated carbocycles. The van der Waals surface area contributed by atoms with E-state index < -0.39 is 23.6 Å². The molecule has 6 aromatic rings. The number of rotatable bonds is 13. The van der Waals surface area contributed by atoms with Gasteiger partial charge in [-0.05, 0) is 81.9 Å². The maximum Gasteiger partial charge on any atom is 0.267 e. The number of hydrogen-bond donors (Lipinski definition) is 4. The first-order valence-electron chi connectivity index (χ1n) is 17.1. The van der Waals surface area contributed by atoms with Gasteiger partial charge < -0.3 is 21.3 Å². The van der Waals surface area contributed by atoms with Crippen molar-refractivity contribution in [2.75, 3.05) is 13.1 Å². The number of nitrogens with one attached hydrogen (secondary N) is 4. The Bertz CT molecular complexity index is 2110. The van der Waals surface area contributed by atoms with Gasteiger partial charge in [-0.2, -0.15) is 0 Å². The van der Waals surface area contributed by atoms with E-state index >= 15 is 0 Å². The molecule has 0 heterocycles. The summed E-state index contributed by atoms with van der Waals surface area (Å²) in [5.74, 6) is -1.64. The van der Waals surface area contributed by atoms with Crippen LogP contribution >= 0.6 is 0 Å². The van der Waals surface area contributed by atoms with Gasteiger partial charge in [-0.25, -0.2) is 0 Å². The lowest BCUT2D eigenvalue weighted by molar-refractivity contribution is -0.118. The van der Waals surface area contributed by atoms with Gasteiger partial charge in [-0.1, -0.05) is 121 Å². The molecule has 0 aliphatic carbocycles. The van der Waals surface area contributed by atoms with Crippen LogP contribution in [0.4, 0.5) is 0 Å². The molecule has 0 aromatic heterocycles. The maximum atomic E-state index is 13.5. The standard InChI is InChI=1S/C44H38N4O4/c49-41(33-17-3-1-4-18-33)47-39(29-35-23-13-21-31-15-7-9-25-37(31)35)43(51)45-27-11-12-28-46-44(52)40(48-42(50)34-19-5-2-6-20-34)30-36-24-14-22-32-16-8-10-26-38(32)36/h1-10,13-26,29-30H,11-12,27-28H2,(H,45,51)(H,46,52)(H,47,49)(H,48,50). The molecule has 0 aliphatic rings. The maximum absolute atomic E-state index is 13.5. The number of fused-ring (bicyclic) bond motifs is 2. The van der Waals surface area contributed by atoms with E-state index in [-0.39, 0.29) is 11.4 Å². The monoisotopic (exact) mass is 686 g/mol. The Morgan fingerprint density at radius 3 is 1.21 bits per heavy atom. The highest BCUT2D eigenvalue weighted by Crippen LogP contribution is 2.22. The molecule has 0 fully saturated rings. The van der Waals surface area contributed by atoms with Crippen LogP contribution < -0.4 is 21.3 Å². The van der Waals surface area contributed by atoms with Crippen molar-refractivity contribution in [3.8, 4) is 0 Å². The first-order valence-corrected chi connectivity index (χ1v) is 17.1. The molecule has 0 unspecified atom stereocenters. The summed E-state index contributed by atoms with van der Waals surface area (Å²) in [5.41, 5.74) is 2.70. The molecular formula is C44H38N4O4. The van der Waals surface area contributed by atoms with Crippen molar-refractivity contribution in [3.05, 3.63) is 179 Å². The zero-order valence-electron chi connectivity index (χ0n) is 28.5. The first kappa shape index (κ1) is 35.0. The van der Waals surface area contributed by atoms with Gasteiger partial charge in [0.2, 0.25) is 0 Å². The summed E-state index contributed by atoms with van der Waals surface area (Å²) in [4.78, 5) is 53.1. The second-order valence-electron chi connectivity index (χ2n) is 12.1. The molecule has 0 spiro atoms. The summed E-state index contributed by atoms with van der Waals surface area (Å²) >= 11 is 0. The van der Waals surface area contributed by atoms with Crippen molar-refractivity contribution >= 4 is 57.3 Å². The van der Waals surface area contributed by atoms with Gasteiger partial charge in [0.05, 0.1) is 0 Å². The minimum atomic E-state index is -0.426.